The first-order chi connectivity index (χ1) is 13.1. The molecule has 0 saturated heterocycles. The number of fused-ring (bicyclic) bond motifs is 3. The molecule has 2 aliphatic carbocycles. The van der Waals surface area contributed by atoms with E-state index in [1.54, 1.807) is 19.8 Å². The number of ether oxygens (including phenoxy) is 4. The van der Waals surface area contributed by atoms with E-state index in [0.29, 0.717) is 25.6 Å². The number of hydrogen-bond donors (Lipinski definition) is 0. The largest absolute Gasteiger partial charge is 0.468 e. The molecule has 1 saturated carbocycles. The van der Waals surface area contributed by atoms with Gasteiger partial charge >= 0.3 is 0 Å². The summed E-state index contributed by atoms with van der Waals surface area (Å²) in [6.07, 6.45) is 8.73. The average molecular weight is 377 g/mol. The Morgan fingerprint density at radius 1 is 1.15 bits per heavy atom. The lowest BCUT2D eigenvalue weighted by Gasteiger charge is -2.48. The van der Waals surface area contributed by atoms with Crippen molar-refractivity contribution in [2.24, 2.45) is 11.3 Å². The van der Waals surface area contributed by atoms with Gasteiger partial charge in [-0.1, -0.05) is 26.3 Å². The molecule has 27 heavy (non-hydrogen) atoms. The molecule has 0 N–H and O–H groups in total. The highest BCUT2D eigenvalue weighted by atomic mass is 16.7. The van der Waals surface area contributed by atoms with Gasteiger partial charge in [-0.25, -0.2) is 0 Å². The fourth-order valence-electron chi connectivity index (χ4n) is 5.33. The summed E-state index contributed by atoms with van der Waals surface area (Å²) in [5.41, 5.74) is 3.27. The molecule has 2 aliphatic rings. The smallest absolute Gasteiger partial charge is 0.188 e. The van der Waals surface area contributed by atoms with Gasteiger partial charge in [0.25, 0.3) is 0 Å². The minimum atomic E-state index is 0.259. The van der Waals surface area contributed by atoms with Crippen LogP contribution in [-0.4, -0.2) is 33.9 Å². The number of aryl methyl sites for hydroxylation is 1. The third-order valence-electron chi connectivity index (χ3n) is 6.68. The van der Waals surface area contributed by atoms with E-state index in [2.05, 4.69) is 32.0 Å². The highest BCUT2D eigenvalue weighted by Gasteiger charge is 2.44. The van der Waals surface area contributed by atoms with Crippen molar-refractivity contribution in [3.63, 3.8) is 0 Å². The summed E-state index contributed by atoms with van der Waals surface area (Å²) in [5, 5.41) is 0. The Bertz CT molecular complexity index is 602. The highest BCUT2D eigenvalue weighted by molar-refractivity contribution is 5.40. The van der Waals surface area contributed by atoms with Gasteiger partial charge in [-0.15, -0.1) is 0 Å². The predicted molar refractivity (Wildman–Crippen MR) is 107 cm³/mol. The fourth-order valence-corrected chi connectivity index (χ4v) is 5.33. The van der Waals surface area contributed by atoms with Gasteiger partial charge in [-0.3, -0.25) is 0 Å². The van der Waals surface area contributed by atoms with E-state index in [4.69, 9.17) is 18.9 Å². The Labute approximate surface area is 164 Å². The van der Waals surface area contributed by atoms with Crippen molar-refractivity contribution in [1.29, 1.82) is 0 Å². The topological polar surface area (TPSA) is 36.9 Å². The maximum Gasteiger partial charge on any atom is 0.188 e. The van der Waals surface area contributed by atoms with Crippen molar-refractivity contribution in [1.82, 2.24) is 0 Å². The Morgan fingerprint density at radius 3 is 2.70 bits per heavy atom. The number of hydrogen-bond acceptors (Lipinski definition) is 4. The van der Waals surface area contributed by atoms with Gasteiger partial charge in [-0.2, -0.15) is 0 Å². The van der Waals surface area contributed by atoms with Gasteiger partial charge < -0.3 is 18.9 Å². The summed E-state index contributed by atoms with van der Waals surface area (Å²) in [7, 11) is 3.37. The fraction of sp³-hybridized carbons (Fsp3) is 0.739. The number of methoxy groups -OCH3 is 2. The molecule has 0 bridgehead atoms. The van der Waals surface area contributed by atoms with Crippen LogP contribution in [0.3, 0.4) is 0 Å². The number of benzene rings is 1. The SMILES string of the molecule is CCCC(OCOC)C1(C)CC[C@@H]2c3ccc(OCOC)cc3CCC2C1. The van der Waals surface area contributed by atoms with Crippen molar-refractivity contribution >= 4 is 0 Å². The number of rotatable bonds is 9. The predicted octanol–water partition coefficient (Wildman–Crippen LogP) is 5.29. The summed E-state index contributed by atoms with van der Waals surface area (Å²) >= 11 is 0. The monoisotopic (exact) mass is 376 g/mol. The van der Waals surface area contributed by atoms with Gasteiger partial charge in [0.1, 0.15) is 12.5 Å². The van der Waals surface area contributed by atoms with E-state index in [0.717, 1.165) is 30.9 Å². The first-order valence-electron chi connectivity index (χ1n) is 10.5. The van der Waals surface area contributed by atoms with Gasteiger partial charge in [0.2, 0.25) is 0 Å². The molecular formula is C23H36O4. The van der Waals surface area contributed by atoms with Crippen LogP contribution in [0.5, 0.6) is 5.75 Å². The van der Waals surface area contributed by atoms with Crippen LogP contribution in [0.15, 0.2) is 18.2 Å². The van der Waals surface area contributed by atoms with Crippen molar-refractivity contribution in [3.8, 4) is 5.75 Å². The quantitative estimate of drug-likeness (QED) is 0.548. The van der Waals surface area contributed by atoms with Crippen LogP contribution in [-0.2, 0) is 20.6 Å². The summed E-state index contributed by atoms with van der Waals surface area (Å²) in [6, 6.07) is 6.63. The molecule has 0 spiro atoms. The molecule has 1 aromatic rings. The zero-order valence-corrected chi connectivity index (χ0v) is 17.5. The maximum atomic E-state index is 6.13. The van der Waals surface area contributed by atoms with Crippen LogP contribution in [0.25, 0.3) is 0 Å². The van der Waals surface area contributed by atoms with E-state index in [1.807, 2.05) is 0 Å². The Kier molecular flexibility index (Phi) is 7.18. The van der Waals surface area contributed by atoms with E-state index in [9.17, 15) is 0 Å². The van der Waals surface area contributed by atoms with E-state index in [1.165, 1.54) is 31.2 Å². The zero-order valence-electron chi connectivity index (χ0n) is 17.5. The molecule has 4 atom stereocenters. The van der Waals surface area contributed by atoms with Gasteiger partial charge in [-0.05, 0) is 79.0 Å². The van der Waals surface area contributed by atoms with E-state index < -0.39 is 0 Å². The second-order valence-electron chi connectivity index (χ2n) is 8.56. The molecule has 1 aromatic carbocycles. The second kappa shape index (κ2) is 9.40. The molecule has 4 nitrogen and oxygen atoms in total. The van der Waals surface area contributed by atoms with Gasteiger partial charge in [0.05, 0.1) is 6.10 Å². The summed E-state index contributed by atoms with van der Waals surface area (Å²) in [4.78, 5) is 0. The lowest BCUT2D eigenvalue weighted by Crippen LogP contribution is -2.42. The second-order valence-corrected chi connectivity index (χ2v) is 8.56. The molecule has 0 amide bonds. The zero-order chi connectivity index (χ0) is 19.3. The van der Waals surface area contributed by atoms with Crippen molar-refractivity contribution in [2.75, 3.05) is 27.8 Å². The third kappa shape index (κ3) is 4.67. The molecule has 0 radical (unpaired) electrons. The Hall–Kier alpha value is -1.10. The van der Waals surface area contributed by atoms with E-state index in [-0.39, 0.29) is 5.41 Å². The third-order valence-corrected chi connectivity index (χ3v) is 6.68. The molecule has 0 aromatic heterocycles. The summed E-state index contributed by atoms with van der Waals surface area (Å²) in [6.45, 7) is 5.40. The van der Waals surface area contributed by atoms with Crippen molar-refractivity contribution < 1.29 is 18.9 Å². The van der Waals surface area contributed by atoms with Crippen LogP contribution in [0, 0.1) is 11.3 Å². The normalized spacial score (nSPS) is 28.3. The minimum Gasteiger partial charge on any atom is -0.468 e. The highest BCUT2D eigenvalue weighted by Crippen LogP contribution is 2.53. The van der Waals surface area contributed by atoms with Crippen molar-refractivity contribution in [3.05, 3.63) is 29.3 Å². The lowest BCUT2D eigenvalue weighted by molar-refractivity contribution is -0.132. The summed E-state index contributed by atoms with van der Waals surface area (Å²) < 4.78 is 22.0. The molecule has 0 aliphatic heterocycles. The Balaban J connectivity index is 1.71. The molecular weight excluding hydrogens is 340 g/mol. The van der Waals surface area contributed by atoms with E-state index >= 15 is 0 Å². The molecule has 3 unspecified atom stereocenters. The maximum absolute atomic E-state index is 6.13. The van der Waals surface area contributed by atoms with Crippen LogP contribution in [0.4, 0.5) is 0 Å². The lowest BCUT2D eigenvalue weighted by atomic mass is 9.58. The molecule has 3 rings (SSSR count). The van der Waals surface area contributed by atoms with Crippen LogP contribution in [0.2, 0.25) is 0 Å². The van der Waals surface area contributed by atoms with Gasteiger partial charge in [0.15, 0.2) is 6.79 Å². The standard InChI is InChI=1S/C23H36O4/c1-5-6-22(27-16-25-4)23(2)12-11-21-18(14-23)8-7-17-13-19(26-15-24-3)9-10-20(17)21/h9-10,13,18,21-22H,5-8,11-12,14-16H2,1-4H3/t18?,21-,22?,23?/m0/s1. The van der Waals surface area contributed by atoms with Gasteiger partial charge in [0, 0.05) is 14.2 Å². The van der Waals surface area contributed by atoms with Crippen LogP contribution >= 0.6 is 0 Å². The molecule has 4 heteroatoms. The Morgan fingerprint density at radius 2 is 1.96 bits per heavy atom. The first-order valence-corrected chi connectivity index (χ1v) is 10.5. The van der Waals surface area contributed by atoms with Crippen LogP contribution < -0.4 is 4.74 Å². The summed E-state index contributed by atoms with van der Waals surface area (Å²) in [5.74, 6) is 2.36. The van der Waals surface area contributed by atoms with Crippen molar-refractivity contribution in [2.45, 2.75) is 70.8 Å². The molecule has 0 heterocycles. The average Bonchev–Trinajstić information content (AvgIpc) is 2.68. The molecule has 152 valence electrons. The van der Waals surface area contributed by atoms with Crippen LogP contribution in [0.1, 0.15) is 69.4 Å². The minimum absolute atomic E-state index is 0.259. The first kappa shape index (κ1) is 20.6. The molecule has 1 fully saturated rings.